The molecule has 0 aliphatic heterocycles. The molecule has 0 radical (unpaired) electrons. The molecular formula is C21H31N5O3S. The van der Waals surface area contributed by atoms with Crippen molar-refractivity contribution >= 4 is 23.7 Å². The lowest BCUT2D eigenvalue weighted by molar-refractivity contribution is 0.166. The molecule has 2 rings (SSSR count). The lowest BCUT2D eigenvalue weighted by Gasteiger charge is -2.19. The number of hydrogen-bond donors (Lipinski definition) is 3. The molecule has 0 saturated carbocycles. The van der Waals surface area contributed by atoms with Gasteiger partial charge in [0.15, 0.2) is 5.82 Å². The molecule has 3 N–H and O–H groups in total. The Kier molecular flexibility index (Phi) is 8.86. The van der Waals surface area contributed by atoms with Crippen LogP contribution in [0.2, 0.25) is 0 Å². The summed E-state index contributed by atoms with van der Waals surface area (Å²) in [6, 6.07) is 7.48. The van der Waals surface area contributed by atoms with Crippen LogP contribution in [0.5, 0.6) is 5.75 Å². The third kappa shape index (κ3) is 7.79. The number of anilines is 1. The molecule has 9 heteroatoms. The number of urea groups is 1. The van der Waals surface area contributed by atoms with Gasteiger partial charge in [-0.15, -0.1) is 0 Å². The predicted octanol–water partition coefficient (Wildman–Crippen LogP) is 3.37. The van der Waals surface area contributed by atoms with Crippen molar-refractivity contribution in [1.82, 2.24) is 20.3 Å². The second kappa shape index (κ2) is 11.1. The molecule has 0 bridgehead atoms. The first kappa shape index (κ1) is 23.9. The fourth-order valence-corrected chi connectivity index (χ4v) is 2.98. The molecule has 1 heterocycles. The summed E-state index contributed by atoms with van der Waals surface area (Å²) < 4.78 is 5.73. The highest BCUT2D eigenvalue weighted by Gasteiger charge is 2.14. The van der Waals surface area contributed by atoms with E-state index in [1.165, 1.54) is 11.9 Å². The third-order valence-corrected chi connectivity index (χ3v) is 5.63. The smallest absolute Gasteiger partial charge is 0.321 e. The fraction of sp³-hybridized carbons (Fsp3) is 0.524. The molecule has 1 aromatic carbocycles. The first-order chi connectivity index (χ1) is 14.2. The Labute approximate surface area is 182 Å². The first-order valence-corrected chi connectivity index (χ1v) is 11.1. The van der Waals surface area contributed by atoms with E-state index in [0.29, 0.717) is 24.5 Å². The Bertz CT molecular complexity index is 811. The number of aliphatic hydroxyl groups excluding tert-OH is 1. The summed E-state index contributed by atoms with van der Waals surface area (Å²) >= 11 is 1.58. The van der Waals surface area contributed by atoms with Gasteiger partial charge in [0, 0.05) is 11.8 Å². The van der Waals surface area contributed by atoms with E-state index in [2.05, 4.69) is 46.4 Å². The van der Waals surface area contributed by atoms with Crippen molar-refractivity contribution in [3.63, 3.8) is 0 Å². The standard InChI is InChI=1S/C21H31N5O3S/c1-14(30-5)17(27)10-11-22-20(28)26-19-24-13-23-18(25-19)12-29-16-8-6-15(7-9-16)21(2,3)4/h6-9,13-14,17,27H,10-12H2,1-5H3,(H2,22,23,24,25,26,28). The minimum absolute atomic E-state index is 0.0825. The minimum Gasteiger partial charge on any atom is -0.486 e. The average Bonchev–Trinajstić information content (AvgIpc) is 2.71. The number of nitrogens with one attached hydrogen (secondary N) is 2. The lowest BCUT2D eigenvalue weighted by atomic mass is 9.87. The fourth-order valence-electron chi connectivity index (χ4n) is 2.53. The summed E-state index contributed by atoms with van der Waals surface area (Å²) in [5.74, 6) is 1.26. The highest BCUT2D eigenvalue weighted by atomic mass is 32.2. The maximum atomic E-state index is 12.0. The Balaban J connectivity index is 1.82. The predicted molar refractivity (Wildman–Crippen MR) is 120 cm³/mol. The van der Waals surface area contributed by atoms with Crippen LogP contribution >= 0.6 is 11.8 Å². The van der Waals surface area contributed by atoms with Crippen LogP contribution in [0.4, 0.5) is 10.7 Å². The lowest BCUT2D eigenvalue weighted by Crippen LogP contribution is -2.33. The van der Waals surface area contributed by atoms with Crippen molar-refractivity contribution in [2.24, 2.45) is 0 Å². The summed E-state index contributed by atoms with van der Waals surface area (Å²) in [4.78, 5) is 24.2. The summed E-state index contributed by atoms with van der Waals surface area (Å²) in [6.45, 7) is 8.93. The number of amides is 2. The Morgan fingerprint density at radius 1 is 1.23 bits per heavy atom. The van der Waals surface area contributed by atoms with Crippen molar-refractivity contribution in [3.05, 3.63) is 42.0 Å². The highest BCUT2D eigenvalue weighted by molar-refractivity contribution is 7.99. The molecule has 1 aromatic heterocycles. The molecule has 0 aliphatic rings. The van der Waals surface area contributed by atoms with Gasteiger partial charge in [-0.2, -0.15) is 16.7 Å². The van der Waals surface area contributed by atoms with Crippen LogP contribution in [0.15, 0.2) is 30.6 Å². The number of carbonyl (C=O) groups excluding carboxylic acids is 1. The van der Waals surface area contributed by atoms with Gasteiger partial charge in [0.25, 0.3) is 0 Å². The molecular weight excluding hydrogens is 402 g/mol. The van der Waals surface area contributed by atoms with Gasteiger partial charge in [-0.1, -0.05) is 39.8 Å². The number of carbonyl (C=O) groups is 1. The topological polar surface area (TPSA) is 109 Å². The van der Waals surface area contributed by atoms with Crippen LogP contribution in [-0.4, -0.2) is 50.2 Å². The minimum atomic E-state index is -0.473. The molecule has 2 aromatic rings. The molecule has 0 saturated heterocycles. The molecule has 30 heavy (non-hydrogen) atoms. The molecule has 0 aliphatic carbocycles. The zero-order chi connectivity index (χ0) is 22.1. The van der Waals surface area contributed by atoms with Crippen molar-refractivity contribution in [2.45, 2.75) is 57.5 Å². The van der Waals surface area contributed by atoms with Crippen LogP contribution < -0.4 is 15.4 Å². The van der Waals surface area contributed by atoms with Crippen molar-refractivity contribution in [1.29, 1.82) is 0 Å². The number of benzene rings is 1. The summed E-state index contributed by atoms with van der Waals surface area (Å²) in [7, 11) is 0. The number of thioether (sulfide) groups is 1. The molecule has 2 amide bonds. The summed E-state index contributed by atoms with van der Waals surface area (Å²) in [6.07, 6.45) is 3.27. The van der Waals surface area contributed by atoms with Gasteiger partial charge in [-0.05, 0) is 35.8 Å². The molecule has 2 atom stereocenters. The van der Waals surface area contributed by atoms with Crippen molar-refractivity contribution < 1.29 is 14.6 Å². The van der Waals surface area contributed by atoms with Gasteiger partial charge < -0.3 is 15.2 Å². The van der Waals surface area contributed by atoms with Crippen molar-refractivity contribution in [3.8, 4) is 5.75 Å². The van der Waals surface area contributed by atoms with Gasteiger partial charge in [-0.25, -0.2) is 14.8 Å². The maximum Gasteiger partial charge on any atom is 0.321 e. The highest BCUT2D eigenvalue weighted by Crippen LogP contribution is 2.24. The van der Waals surface area contributed by atoms with Crippen LogP contribution in [0.25, 0.3) is 0 Å². The van der Waals surface area contributed by atoms with E-state index in [1.54, 1.807) is 11.8 Å². The van der Waals surface area contributed by atoms with E-state index in [-0.39, 0.29) is 23.2 Å². The third-order valence-electron chi connectivity index (χ3n) is 4.57. The normalized spacial score (nSPS) is 13.4. The first-order valence-electron chi connectivity index (χ1n) is 9.86. The van der Waals surface area contributed by atoms with Crippen molar-refractivity contribution in [2.75, 3.05) is 18.1 Å². The van der Waals surface area contributed by atoms with E-state index < -0.39 is 12.1 Å². The van der Waals surface area contributed by atoms with Gasteiger partial charge >= 0.3 is 6.03 Å². The SMILES string of the molecule is CSC(C)C(O)CCNC(=O)Nc1ncnc(COc2ccc(C(C)(C)C)cc2)n1. The molecule has 2 unspecified atom stereocenters. The molecule has 8 nitrogen and oxygen atoms in total. The van der Waals surface area contributed by atoms with Crippen LogP contribution in [-0.2, 0) is 12.0 Å². The number of ether oxygens (including phenoxy) is 1. The average molecular weight is 434 g/mol. The van der Waals surface area contributed by atoms with E-state index in [9.17, 15) is 9.90 Å². The zero-order valence-corrected chi connectivity index (χ0v) is 19.0. The van der Waals surface area contributed by atoms with Gasteiger partial charge in [0.05, 0.1) is 6.10 Å². The molecule has 0 spiro atoms. The summed E-state index contributed by atoms with van der Waals surface area (Å²) in [5.41, 5.74) is 1.31. The Morgan fingerprint density at radius 3 is 2.57 bits per heavy atom. The second-order valence-corrected chi connectivity index (χ2v) is 9.18. The monoisotopic (exact) mass is 433 g/mol. The van der Waals surface area contributed by atoms with Gasteiger partial charge in [0.2, 0.25) is 5.95 Å². The van der Waals surface area contributed by atoms with Crippen LogP contribution in [0.3, 0.4) is 0 Å². The zero-order valence-electron chi connectivity index (χ0n) is 18.2. The number of nitrogens with zero attached hydrogens (tertiary/aromatic N) is 3. The number of rotatable bonds is 9. The van der Waals surface area contributed by atoms with Gasteiger partial charge in [0.1, 0.15) is 18.7 Å². The molecule has 164 valence electrons. The van der Waals surface area contributed by atoms with E-state index >= 15 is 0 Å². The summed E-state index contributed by atoms with van der Waals surface area (Å²) in [5, 5.41) is 15.3. The maximum absolute atomic E-state index is 12.0. The van der Waals surface area contributed by atoms with Crippen LogP contribution in [0.1, 0.15) is 45.5 Å². The largest absolute Gasteiger partial charge is 0.486 e. The van der Waals surface area contributed by atoms with E-state index in [0.717, 1.165) is 0 Å². The quantitative estimate of drug-likeness (QED) is 0.556. The number of aromatic nitrogens is 3. The van der Waals surface area contributed by atoms with Crippen LogP contribution in [0, 0.1) is 0 Å². The van der Waals surface area contributed by atoms with E-state index in [1.807, 2.05) is 37.4 Å². The van der Waals surface area contributed by atoms with Gasteiger partial charge in [-0.3, -0.25) is 5.32 Å². The number of hydrogen-bond acceptors (Lipinski definition) is 7. The Hall–Kier alpha value is -2.39. The second-order valence-electron chi connectivity index (χ2n) is 7.97. The Morgan fingerprint density at radius 2 is 1.93 bits per heavy atom. The van der Waals surface area contributed by atoms with E-state index in [4.69, 9.17) is 4.74 Å². The molecule has 0 fully saturated rings. The number of aliphatic hydroxyl groups is 1.